The molecular formula is C14H10N4S. The summed E-state index contributed by atoms with van der Waals surface area (Å²) in [5.41, 5.74) is 3.16. The first-order valence-electron chi connectivity index (χ1n) is 5.76. The zero-order chi connectivity index (χ0) is 13.2. The van der Waals surface area contributed by atoms with E-state index in [0.717, 1.165) is 21.8 Å². The minimum atomic E-state index is 0.351. The third kappa shape index (κ3) is 2.02. The van der Waals surface area contributed by atoms with E-state index in [0.29, 0.717) is 5.69 Å². The number of rotatable bonds is 2. The quantitative estimate of drug-likeness (QED) is 0.715. The van der Waals surface area contributed by atoms with Crippen LogP contribution in [0, 0.1) is 18.3 Å². The second-order valence-corrected chi connectivity index (χ2v) is 5.07. The van der Waals surface area contributed by atoms with Crippen LogP contribution in [-0.2, 0) is 0 Å². The van der Waals surface area contributed by atoms with Crippen LogP contribution in [0.15, 0.2) is 41.8 Å². The monoisotopic (exact) mass is 266 g/mol. The highest BCUT2D eigenvalue weighted by atomic mass is 32.1. The Morgan fingerprint density at radius 1 is 1.26 bits per heavy atom. The molecule has 0 fully saturated rings. The van der Waals surface area contributed by atoms with Gasteiger partial charge >= 0.3 is 0 Å². The highest BCUT2D eigenvalue weighted by molar-refractivity contribution is 7.13. The third-order valence-corrected chi connectivity index (χ3v) is 3.65. The van der Waals surface area contributed by atoms with Gasteiger partial charge in [0.05, 0.1) is 10.6 Å². The largest absolute Gasteiger partial charge is 0.211 e. The van der Waals surface area contributed by atoms with Gasteiger partial charge in [-0.3, -0.25) is 0 Å². The van der Waals surface area contributed by atoms with E-state index < -0.39 is 0 Å². The van der Waals surface area contributed by atoms with Gasteiger partial charge in [0.25, 0.3) is 0 Å². The lowest BCUT2D eigenvalue weighted by atomic mass is 10.2. The van der Waals surface area contributed by atoms with Gasteiger partial charge in [-0.25, -0.2) is 4.68 Å². The number of nitrogens with zero attached hydrogens (tertiary/aromatic N) is 4. The summed E-state index contributed by atoms with van der Waals surface area (Å²) in [5.74, 6) is 0. The minimum absolute atomic E-state index is 0.351. The molecule has 0 saturated heterocycles. The van der Waals surface area contributed by atoms with Crippen LogP contribution in [0.3, 0.4) is 0 Å². The van der Waals surface area contributed by atoms with Crippen molar-refractivity contribution >= 4 is 11.3 Å². The van der Waals surface area contributed by atoms with E-state index >= 15 is 0 Å². The Morgan fingerprint density at radius 2 is 2.16 bits per heavy atom. The van der Waals surface area contributed by atoms with E-state index in [2.05, 4.69) is 16.4 Å². The molecule has 3 aromatic rings. The van der Waals surface area contributed by atoms with Crippen LogP contribution in [-0.4, -0.2) is 15.0 Å². The lowest BCUT2D eigenvalue weighted by Crippen LogP contribution is -1.99. The van der Waals surface area contributed by atoms with Crippen LogP contribution in [0.25, 0.3) is 16.3 Å². The van der Waals surface area contributed by atoms with Crippen molar-refractivity contribution in [2.24, 2.45) is 0 Å². The molecule has 1 aromatic carbocycles. The van der Waals surface area contributed by atoms with E-state index in [-0.39, 0.29) is 0 Å². The number of hydrogen-bond donors (Lipinski definition) is 0. The Kier molecular flexibility index (Phi) is 2.86. The van der Waals surface area contributed by atoms with Gasteiger partial charge in [-0.1, -0.05) is 23.4 Å². The average Bonchev–Trinajstić information content (AvgIpc) is 3.07. The van der Waals surface area contributed by atoms with E-state index in [1.807, 2.05) is 48.7 Å². The lowest BCUT2D eigenvalue weighted by molar-refractivity contribution is 0.807. The number of hydrogen-bond acceptors (Lipinski definition) is 4. The first-order chi connectivity index (χ1) is 9.29. The number of benzene rings is 1. The molecule has 0 unspecified atom stereocenters. The summed E-state index contributed by atoms with van der Waals surface area (Å²) in [7, 11) is 0. The van der Waals surface area contributed by atoms with Crippen molar-refractivity contribution in [3.63, 3.8) is 0 Å². The maximum atomic E-state index is 9.17. The van der Waals surface area contributed by atoms with Crippen LogP contribution in [0.1, 0.15) is 11.3 Å². The van der Waals surface area contributed by atoms with Crippen molar-refractivity contribution in [3.05, 3.63) is 53.0 Å². The molecule has 0 saturated carbocycles. The van der Waals surface area contributed by atoms with Crippen molar-refractivity contribution in [2.45, 2.75) is 6.92 Å². The van der Waals surface area contributed by atoms with Gasteiger partial charge < -0.3 is 0 Å². The number of thiophene rings is 1. The predicted octanol–water partition coefficient (Wildman–Crippen LogP) is 3.18. The first kappa shape index (κ1) is 11.6. The molecule has 5 heteroatoms. The van der Waals surface area contributed by atoms with Gasteiger partial charge in [0.1, 0.15) is 11.8 Å². The Morgan fingerprint density at radius 3 is 2.84 bits per heavy atom. The average molecular weight is 266 g/mol. The molecule has 0 bridgehead atoms. The zero-order valence-corrected chi connectivity index (χ0v) is 11.1. The fourth-order valence-corrected chi connectivity index (χ4v) is 2.69. The number of aryl methyl sites for hydroxylation is 1. The van der Waals surface area contributed by atoms with Gasteiger partial charge in [-0.05, 0) is 36.1 Å². The normalized spacial score (nSPS) is 10.3. The smallest absolute Gasteiger partial charge is 0.191 e. The molecule has 2 aromatic heterocycles. The highest BCUT2D eigenvalue weighted by Crippen LogP contribution is 2.28. The molecule has 0 radical (unpaired) electrons. The standard InChI is InChI=1S/C14H10N4S/c1-10-4-2-5-11(8-10)18-14(12(9-15)16-17-18)13-6-3-7-19-13/h2-8H,1H3. The second kappa shape index (κ2) is 4.67. The van der Waals surface area contributed by atoms with Crippen LogP contribution in [0.5, 0.6) is 0 Å². The van der Waals surface area contributed by atoms with Gasteiger partial charge in [-0.15, -0.1) is 16.4 Å². The maximum Gasteiger partial charge on any atom is 0.191 e. The first-order valence-corrected chi connectivity index (χ1v) is 6.64. The summed E-state index contributed by atoms with van der Waals surface area (Å²) in [5, 5.41) is 19.2. The Hall–Kier alpha value is -2.45. The minimum Gasteiger partial charge on any atom is -0.211 e. The van der Waals surface area contributed by atoms with E-state index in [4.69, 9.17) is 0 Å². The van der Waals surface area contributed by atoms with E-state index in [1.54, 1.807) is 16.0 Å². The number of aromatic nitrogens is 3. The van der Waals surface area contributed by atoms with Crippen molar-refractivity contribution in [3.8, 4) is 22.3 Å². The van der Waals surface area contributed by atoms with Gasteiger partial charge in [0.15, 0.2) is 5.69 Å². The Bertz CT molecular complexity index is 750. The van der Waals surface area contributed by atoms with Crippen LogP contribution < -0.4 is 0 Å². The maximum absolute atomic E-state index is 9.17. The number of nitriles is 1. The van der Waals surface area contributed by atoms with Crippen LogP contribution >= 0.6 is 11.3 Å². The molecule has 19 heavy (non-hydrogen) atoms. The summed E-state index contributed by atoms with van der Waals surface area (Å²) < 4.78 is 1.72. The van der Waals surface area contributed by atoms with Gasteiger partial charge in [0, 0.05) is 0 Å². The van der Waals surface area contributed by atoms with Gasteiger partial charge in [0.2, 0.25) is 0 Å². The Labute approximate surface area is 114 Å². The molecule has 0 N–H and O–H groups in total. The zero-order valence-electron chi connectivity index (χ0n) is 10.2. The van der Waals surface area contributed by atoms with E-state index in [9.17, 15) is 5.26 Å². The van der Waals surface area contributed by atoms with Gasteiger partial charge in [-0.2, -0.15) is 5.26 Å². The SMILES string of the molecule is Cc1cccc(-n2nnc(C#N)c2-c2cccs2)c1. The predicted molar refractivity (Wildman–Crippen MR) is 74.1 cm³/mol. The fraction of sp³-hybridized carbons (Fsp3) is 0.0714. The third-order valence-electron chi connectivity index (χ3n) is 2.78. The molecular weight excluding hydrogens is 256 g/mol. The molecule has 0 spiro atoms. The molecule has 92 valence electrons. The summed E-state index contributed by atoms with van der Waals surface area (Å²) >= 11 is 1.57. The fourth-order valence-electron chi connectivity index (χ4n) is 1.93. The summed E-state index contributed by atoms with van der Waals surface area (Å²) in [4.78, 5) is 0.989. The Balaban J connectivity index is 2.24. The molecule has 0 atom stereocenters. The molecule has 0 aliphatic rings. The summed E-state index contributed by atoms with van der Waals surface area (Å²) in [6, 6.07) is 14.0. The second-order valence-electron chi connectivity index (χ2n) is 4.13. The van der Waals surface area contributed by atoms with Crippen molar-refractivity contribution in [2.75, 3.05) is 0 Å². The van der Waals surface area contributed by atoms with Crippen LogP contribution in [0.2, 0.25) is 0 Å². The topological polar surface area (TPSA) is 54.5 Å². The van der Waals surface area contributed by atoms with Crippen molar-refractivity contribution in [1.82, 2.24) is 15.0 Å². The molecule has 2 heterocycles. The van der Waals surface area contributed by atoms with Crippen molar-refractivity contribution in [1.29, 1.82) is 5.26 Å². The molecule has 0 amide bonds. The molecule has 3 rings (SSSR count). The summed E-state index contributed by atoms with van der Waals surface area (Å²) in [6.45, 7) is 2.02. The summed E-state index contributed by atoms with van der Waals surface area (Å²) in [6.07, 6.45) is 0. The lowest BCUT2D eigenvalue weighted by Gasteiger charge is -2.05. The molecule has 4 nitrogen and oxygen atoms in total. The van der Waals surface area contributed by atoms with E-state index in [1.165, 1.54) is 0 Å². The van der Waals surface area contributed by atoms with Crippen molar-refractivity contribution < 1.29 is 0 Å². The molecule has 0 aliphatic heterocycles. The molecule has 0 aliphatic carbocycles. The van der Waals surface area contributed by atoms with Crippen LogP contribution in [0.4, 0.5) is 0 Å². The highest BCUT2D eigenvalue weighted by Gasteiger charge is 2.16.